The number of rotatable bonds is 2. The first-order chi connectivity index (χ1) is 8.99. The number of hydrogen-bond acceptors (Lipinski definition) is 3. The molecule has 6 heteroatoms. The lowest BCUT2D eigenvalue weighted by molar-refractivity contribution is 0.102. The van der Waals surface area contributed by atoms with Gasteiger partial charge in [-0.15, -0.1) is 0 Å². The SMILES string of the molecule is O=C(Nc1ccc(I)cc1Br)c1cccc(O)c1O. The number of amides is 1. The molecule has 19 heavy (non-hydrogen) atoms. The summed E-state index contributed by atoms with van der Waals surface area (Å²) in [5.41, 5.74) is 0.610. The van der Waals surface area contributed by atoms with Gasteiger partial charge in [0.2, 0.25) is 0 Å². The third-order valence-electron chi connectivity index (χ3n) is 2.44. The van der Waals surface area contributed by atoms with Crippen molar-refractivity contribution >= 4 is 50.1 Å². The first-order valence-electron chi connectivity index (χ1n) is 5.26. The Hall–Kier alpha value is -1.28. The van der Waals surface area contributed by atoms with E-state index in [1.165, 1.54) is 18.2 Å². The Kier molecular flexibility index (Phi) is 4.31. The third-order valence-corrected chi connectivity index (χ3v) is 3.77. The average Bonchev–Trinajstić information content (AvgIpc) is 2.36. The lowest BCUT2D eigenvalue weighted by atomic mass is 10.1. The minimum Gasteiger partial charge on any atom is -0.504 e. The van der Waals surface area contributed by atoms with Gasteiger partial charge in [-0.05, 0) is 68.9 Å². The number of nitrogens with one attached hydrogen (secondary N) is 1. The number of halogens is 2. The molecule has 0 aromatic heterocycles. The van der Waals surface area contributed by atoms with E-state index in [1.54, 1.807) is 6.07 Å². The summed E-state index contributed by atoms with van der Waals surface area (Å²) in [6.07, 6.45) is 0. The fourth-order valence-corrected chi connectivity index (χ4v) is 2.89. The fraction of sp³-hybridized carbons (Fsp3) is 0. The van der Waals surface area contributed by atoms with Crippen LogP contribution in [-0.4, -0.2) is 16.1 Å². The van der Waals surface area contributed by atoms with Crippen molar-refractivity contribution in [3.63, 3.8) is 0 Å². The number of benzene rings is 2. The standard InChI is InChI=1S/C13H9BrINO3/c14-9-6-7(15)4-5-10(9)16-13(19)8-2-1-3-11(17)12(8)18/h1-6,17-18H,(H,16,19). The van der Waals surface area contributed by atoms with Crippen molar-refractivity contribution in [1.29, 1.82) is 0 Å². The molecule has 0 aliphatic heterocycles. The van der Waals surface area contributed by atoms with Gasteiger partial charge >= 0.3 is 0 Å². The van der Waals surface area contributed by atoms with E-state index in [2.05, 4.69) is 43.8 Å². The normalized spacial score (nSPS) is 10.2. The number of anilines is 1. The van der Waals surface area contributed by atoms with Crippen LogP contribution < -0.4 is 5.32 Å². The fourth-order valence-electron chi connectivity index (χ4n) is 1.50. The van der Waals surface area contributed by atoms with Crippen LogP contribution in [0.2, 0.25) is 0 Å². The van der Waals surface area contributed by atoms with Crippen molar-refractivity contribution < 1.29 is 15.0 Å². The molecular weight excluding hydrogens is 425 g/mol. The van der Waals surface area contributed by atoms with Crippen molar-refractivity contribution in [2.24, 2.45) is 0 Å². The number of carbonyl (C=O) groups excluding carboxylic acids is 1. The zero-order valence-corrected chi connectivity index (χ0v) is 13.3. The second kappa shape index (κ2) is 5.79. The Morgan fingerprint density at radius 1 is 1.21 bits per heavy atom. The molecule has 0 radical (unpaired) electrons. The largest absolute Gasteiger partial charge is 0.504 e. The molecule has 0 spiro atoms. The summed E-state index contributed by atoms with van der Waals surface area (Å²) in [5, 5.41) is 21.7. The molecule has 0 aliphatic carbocycles. The molecule has 2 aromatic carbocycles. The van der Waals surface area contributed by atoms with Gasteiger partial charge in [-0.3, -0.25) is 4.79 Å². The van der Waals surface area contributed by atoms with Crippen LogP contribution in [0.4, 0.5) is 5.69 Å². The molecule has 98 valence electrons. The molecule has 0 aliphatic rings. The minimum atomic E-state index is -0.490. The van der Waals surface area contributed by atoms with Crippen molar-refractivity contribution in [1.82, 2.24) is 0 Å². The summed E-state index contributed by atoms with van der Waals surface area (Å²) in [5.74, 6) is -1.24. The first-order valence-corrected chi connectivity index (χ1v) is 7.13. The van der Waals surface area contributed by atoms with Crippen molar-refractivity contribution in [3.05, 3.63) is 50.0 Å². The molecule has 0 fully saturated rings. The Labute approximate surface area is 131 Å². The quantitative estimate of drug-likeness (QED) is 0.499. The number of hydrogen-bond donors (Lipinski definition) is 3. The van der Waals surface area contributed by atoms with E-state index in [0.717, 1.165) is 8.04 Å². The van der Waals surface area contributed by atoms with Gasteiger partial charge in [0, 0.05) is 8.04 Å². The Morgan fingerprint density at radius 2 is 1.95 bits per heavy atom. The van der Waals surface area contributed by atoms with Crippen LogP contribution in [0.3, 0.4) is 0 Å². The van der Waals surface area contributed by atoms with Crippen LogP contribution in [0.5, 0.6) is 11.5 Å². The van der Waals surface area contributed by atoms with Crippen molar-refractivity contribution in [2.75, 3.05) is 5.32 Å². The van der Waals surface area contributed by atoms with Crippen LogP contribution in [0.1, 0.15) is 10.4 Å². The van der Waals surface area contributed by atoms with E-state index in [1.807, 2.05) is 12.1 Å². The number of carbonyl (C=O) groups is 1. The summed E-state index contributed by atoms with van der Waals surface area (Å²) in [6.45, 7) is 0. The van der Waals surface area contributed by atoms with Crippen LogP contribution in [0.25, 0.3) is 0 Å². The van der Waals surface area contributed by atoms with Crippen molar-refractivity contribution in [2.45, 2.75) is 0 Å². The molecule has 0 unspecified atom stereocenters. The lowest BCUT2D eigenvalue weighted by Gasteiger charge is -2.09. The van der Waals surface area contributed by atoms with E-state index in [9.17, 15) is 15.0 Å². The molecule has 4 nitrogen and oxygen atoms in total. The summed E-state index contributed by atoms with van der Waals surface area (Å²) >= 11 is 5.51. The predicted octanol–water partition coefficient (Wildman–Crippen LogP) is 3.72. The first kappa shape index (κ1) is 14.1. The maximum Gasteiger partial charge on any atom is 0.259 e. The molecule has 0 atom stereocenters. The topological polar surface area (TPSA) is 69.6 Å². The Bertz CT molecular complexity index is 646. The second-order valence-electron chi connectivity index (χ2n) is 3.75. The van der Waals surface area contributed by atoms with E-state index in [4.69, 9.17) is 0 Å². The zero-order valence-electron chi connectivity index (χ0n) is 9.52. The van der Waals surface area contributed by atoms with Gasteiger partial charge in [-0.2, -0.15) is 0 Å². The maximum atomic E-state index is 12.0. The summed E-state index contributed by atoms with van der Waals surface area (Å²) in [7, 11) is 0. The average molecular weight is 434 g/mol. The van der Waals surface area contributed by atoms with Crippen LogP contribution in [0, 0.1) is 3.57 Å². The highest BCUT2D eigenvalue weighted by Gasteiger charge is 2.15. The number of aromatic hydroxyl groups is 2. The number of phenolic OH excluding ortho intramolecular Hbond substituents is 2. The van der Waals surface area contributed by atoms with Gasteiger partial charge in [-0.25, -0.2) is 0 Å². The molecule has 0 bridgehead atoms. The molecule has 0 heterocycles. The maximum absolute atomic E-state index is 12.0. The molecule has 3 N–H and O–H groups in total. The summed E-state index contributed by atoms with van der Waals surface area (Å²) in [4.78, 5) is 12.0. The highest BCUT2D eigenvalue weighted by atomic mass is 127. The molecule has 0 saturated heterocycles. The molecule has 2 aromatic rings. The number of phenols is 2. The highest BCUT2D eigenvalue weighted by Crippen LogP contribution is 2.30. The lowest BCUT2D eigenvalue weighted by Crippen LogP contribution is -2.12. The zero-order chi connectivity index (χ0) is 14.0. The molecule has 0 saturated carbocycles. The van der Waals surface area contributed by atoms with E-state index in [0.29, 0.717) is 5.69 Å². The molecule has 2 rings (SSSR count). The van der Waals surface area contributed by atoms with Gasteiger partial charge in [0.15, 0.2) is 11.5 Å². The van der Waals surface area contributed by atoms with Crippen LogP contribution in [0.15, 0.2) is 40.9 Å². The van der Waals surface area contributed by atoms with Gasteiger partial charge in [-0.1, -0.05) is 6.07 Å². The Morgan fingerprint density at radius 3 is 2.63 bits per heavy atom. The van der Waals surface area contributed by atoms with E-state index < -0.39 is 11.7 Å². The predicted molar refractivity (Wildman–Crippen MR) is 84.6 cm³/mol. The van der Waals surface area contributed by atoms with Gasteiger partial charge < -0.3 is 15.5 Å². The van der Waals surface area contributed by atoms with Gasteiger partial charge in [0.05, 0.1) is 11.3 Å². The van der Waals surface area contributed by atoms with E-state index >= 15 is 0 Å². The second-order valence-corrected chi connectivity index (χ2v) is 5.85. The molecule has 1 amide bonds. The van der Waals surface area contributed by atoms with E-state index in [-0.39, 0.29) is 11.3 Å². The molecular formula is C13H9BrINO3. The van der Waals surface area contributed by atoms with Crippen molar-refractivity contribution in [3.8, 4) is 11.5 Å². The third kappa shape index (κ3) is 3.19. The summed E-state index contributed by atoms with van der Waals surface area (Å²) in [6, 6.07) is 9.70. The van der Waals surface area contributed by atoms with Gasteiger partial charge in [0.1, 0.15) is 0 Å². The van der Waals surface area contributed by atoms with Crippen LogP contribution >= 0.6 is 38.5 Å². The van der Waals surface area contributed by atoms with Gasteiger partial charge in [0.25, 0.3) is 5.91 Å². The summed E-state index contributed by atoms with van der Waals surface area (Å²) < 4.78 is 1.77. The van der Waals surface area contributed by atoms with Crippen LogP contribution in [-0.2, 0) is 0 Å². The minimum absolute atomic E-state index is 0.0189. The number of para-hydroxylation sites is 1. The Balaban J connectivity index is 2.28. The monoisotopic (exact) mass is 433 g/mol. The highest BCUT2D eigenvalue weighted by molar-refractivity contribution is 14.1. The smallest absolute Gasteiger partial charge is 0.259 e.